The molecule has 1 aliphatic rings. The third kappa shape index (κ3) is 9.20. The molecule has 1 N–H and O–H groups in total. The number of nitrogens with zero attached hydrogens (tertiary/aromatic N) is 2. The minimum atomic E-state index is -0.500. The van der Waals surface area contributed by atoms with Crippen molar-refractivity contribution < 1.29 is 19.1 Å². The van der Waals surface area contributed by atoms with Crippen LogP contribution >= 0.6 is 0 Å². The molecule has 1 aromatic carbocycles. The Morgan fingerprint density at radius 1 is 0.935 bits per heavy atom. The fourth-order valence-corrected chi connectivity index (χ4v) is 2.94. The summed E-state index contributed by atoms with van der Waals surface area (Å²) >= 11 is 0. The topological polar surface area (TPSA) is 71.1 Å². The highest BCUT2D eigenvalue weighted by molar-refractivity contribution is 5.69. The van der Waals surface area contributed by atoms with Crippen LogP contribution in [0.1, 0.15) is 53.5 Å². The van der Waals surface area contributed by atoms with Crippen LogP contribution in [0.3, 0.4) is 0 Å². The van der Waals surface area contributed by atoms with Crippen LogP contribution in [0.4, 0.5) is 15.3 Å². The molecule has 0 radical (unpaired) electrons. The molecule has 7 heteroatoms. The zero-order valence-electron chi connectivity index (χ0n) is 19.6. The maximum absolute atomic E-state index is 12.2. The van der Waals surface area contributed by atoms with E-state index < -0.39 is 17.3 Å². The zero-order chi connectivity index (χ0) is 23.1. The Morgan fingerprint density at radius 3 is 2.06 bits per heavy atom. The van der Waals surface area contributed by atoms with E-state index in [2.05, 4.69) is 22.1 Å². The summed E-state index contributed by atoms with van der Waals surface area (Å²) in [5.41, 5.74) is 1.06. The number of anilines is 1. The van der Waals surface area contributed by atoms with Gasteiger partial charge in [-0.3, -0.25) is 0 Å². The van der Waals surface area contributed by atoms with Crippen molar-refractivity contribution in [2.45, 2.75) is 59.2 Å². The average Bonchev–Trinajstić information content (AvgIpc) is 2.65. The van der Waals surface area contributed by atoms with Gasteiger partial charge in [0, 0.05) is 50.4 Å². The fourth-order valence-electron chi connectivity index (χ4n) is 2.94. The van der Waals surface area contributed by atoms with Gasteiger partial charge in [-0.15, -0.1) is 0 Å². The van der Waals surface area contributed by atoms with E-state index in [1.165, 1.54) is 0 Å². The molecule has 0 spiro atoms. The van der Waals surface area contributed by atoms with Crippen molar-refractivity contribution in [1.29, 1.82) is 0 Å². The lowest BCUT2D eigenvalue weighted by Crippen LogP contribution is -2.50. The number of benzene rings is 1. The number of carbonyl (C=O) groups is 2. The van der Waals surface area contributed by atoms with Crippen LogP contribution in [0.25, 0.3) is 0 Å². The number of hydrogen-bond acceptors (Lipinski definition) is 5. The predicted molar refractivity (Wildman–Crippen MR) is 122 cm³/mol. The molecule has 0 aliphatic carbocycles. The summed E-state index contributed by atoms with van der Waals surface area (Å²) in [6, 6.07) is 8.08. The van der Waals surface area contributed by atoms with E-state index in [-0.39, 0.29) is 6.09 Å². The Kier molecular flexibility index (Phi) is 8.21. The molecule has 1 saturated heterocycles. The number of ether oxygens (including phenoxy) is 2. The Balaban J connectivity index is 1.76. The van der Waals surface area contributed by atoms with E-state index >= 15 is 0 Å². The van der Waals surface area contributed by atoms with Gasteiger partial charge in [0.1, 0.15) is 11.2 Å². The highest BCUT2D eigenvalue weighted by atomic mass is 16.6. The van der Waals surface area contributed by atoms with Gasteiger partial charge in [0.2, 0.25) is 0 Å². The van der Waals surface area contributed by atoms with Crippen molar-refractivity contribution >= 4 is 17.9 Å². The van der Waals surface area contributed by atoms with Crippen molar-refractivity contribution in [3.8, 4) is 11.8 Å². The Bertz CT molecular complexity index is 802. The van der Waals surface area contributed by atoms with Crippen LogP contribution in [0.15, 0.2) is 24.3 Å². The van der Waals surface area contributed by atoms with Gasteiger partial charge in [-0.25, -0.2) is 9.59 Å². The molecule has 0 saturated carbocycles. The van der Waals surface area contributed by atoms with Crippen LogP contribution in [-0.2, 0) is 9.47 Å². The highest BCUT2D eigenvalue weighted by Gasteiger charge is 2.25. The van der Waals surface area contributed by atoms with Gasteiger partial charge in [0.25, 0.3) is 0 Å². The second-order valence-corrected chi connectivity index (χ2v) is 9.48. The van der Waals surface area contributed by atoms with Crippen LogP contribution in [-0.4, -0.2) is 61.0 Å². The summed E-state index contributed by atoms with van der Waals surface area (Å²) in [6.07, 6.45) is -0.127. The molecule has 1 heterocycles. The molecule has 2 rings (SSSR count). The van der Waals surface area contributed by atoms with Gasteiger partial charge in [0.05, 0.1) is 0 Å². The maximum Gasteiger partial charge on any atom is 0.410 e. The summed E-state index contributed by atoms with van der Waals surface area (Å²) in [7, 11) is 0. The fraction of sp³-hybridized carbons (Fsp3) is 0.583. The van der Waals surface area contributed by atoms with Crippen molar-refractivity contribution in [3.63, 3.8) is 0 Å². The van der Waals surface area contributed by atoms with Crippen LogP contribution in [0.5, 0.6) is 0 Å². The summed E-state index contributed by atoms with van der Waals surface area (Å²) in [6.45, 7) is 14.4. The molecule has 170 valence electrons. The summed E-state index contributed by atoms with van der Waals surface area (Å²) < 4.78 is 10.6. The Morgan fingerprint density at radius 2 is 1.52 bits per heavy atom. The van der Waals surface area contributed by atoms with E-state index in [4.69, 9.17) is 9.47 Å². The molecule has 1 aromatic rings. The van der Waals surface area contributed by atoms with Crippen molar-refractivity contribution in [3.05, 3.63) is 29.8 Å². The summed E-state index contributed by atoms with van der Waals surface area (Å²) in [5.74, 6) is 6.17. The first-order valence-corrected chi connectivity index (χ1v) is 10.7. The smallest absolute Gasteiger partial charge is 0.410 e. The number of alkyl carbamates (subject to hydrolysis) is 1. The standard InChI is InChI=1S/C24H35N3O4/c1-23(2,3)30-21(28)25-14-8-7-9-19-10-12-20(13-11-19)26-15-17-27(18-16-26)22(29)31-24(4,5)6/h10-13H,8,14-18H2,1-6H3,(H,25,28). The van der Waals surface area contributed by atoms with Gasteiger partial charge in [-0.1, -0.05) is 11.8 Å². The molecular formula is C24H35N3O4. The Labute approximate surface area is 186 Å². The molecule has 0 aromatic heterocycles. The summed E-state index contributed by atoms with van der Waals surface area (Å²) in [4.78, 5) is 27.8. The van der Waals surface area contributed by atoms with Gasteiger partial charge >= 0.3 is 12.2 Å². The van der Waals surface area contributed by atoms with Crippen molar-refractivity contribution in [2.24, 2.45) is 0 Å². The lowest BCUT2D eigenvalue weighted by Gasteiger charge is -2.36. The minimum Gasteiger partial charge on any atom is -0.444 e. The molecular weight excluding hydrogens is 394 g/mol. The second-order valence-electron chi connectivity index (χ2n) is 9.48. The number of amides is 2. The summed E-state index contributed by atoms with van der Waals surface area (Å²) in [5, 5.41) is 2.69. The molecule has 0 unspecified atom stereocenters. The molecule has 31 heavy (non-hydrogen) atoms. The molecule has 2 amide bonds. The van der Waals surface area contributed by atoms with Crippen LogP contribution < -0.4 is 10.2 Å². The maximum atomic E-state index is 12.2. The SMILES string of the molecule is CC(C)(C)OC(=O)NCCC#Cc1ccc(N2CCN(C(=O)OC(C)(C)C)CC2)cc1. The van der Waals surface area contributed by atoms with Gasteiger partial charge in [-0.2, -0.15) is 0 Å². The third-order valence-corrected chi connectivity index (χ3v) is 4.31. The van der Waals surface area contributed by atoms with E-state index in [0.29, 0.717) is 26.1 Å². The van der Waals surface area contributed by atoms with Crippen molar-refractivity contribution in [1.82, 2.24) is 10.2 Å². The minimum absolute atomic E-state index is 0.251. The Hall–Kier alpha value is -2.88. The van der Waals surface area contributed by atoms with E-state index in [0.717, 1.165) is 24.3 Å². The van der Waals surface area contributed by atoms with Gasteiger partial charge < -0.3 is 24.6 Å². The quantitative estimate of drug-likeness (QED) is 0.581. The first-order chi connectivity index (χ1) is 14.4. The normalized spacial score (nSPS) is 14.4. The number of nitrogens with one attached hydrogen (secondary N) is 1. The third-order valence-electron chi connectivity index (χ3n) is 4.31. The number of hydrogen-bond donors (Lipinski definition) is 1. The largest absolute Gasteiger partial charge is 0.444 e. The van der Waals surface area contributed by atoms with Crippen molar-refractivity contribution in [2.75, 3.05) is 37.6 Å². The average molecular weight is 430 g/mol. The van der Waals surface area contributed by atoms with Gasteiger partial charge in [-0.05, 0) is 65.8 Å². The first-order valence-electron chi connectivity index (χ1n) is 10.7. The van der Waals surface area contributed by atoms with E-state index in [1.54, 1.807) is 4.90 Å². The molecule has 1 fully saturated rings. The van der Waals surface area contributed by atoms with Crippen LogP contribution in [0.2, 0.25) is 0 Å². The van der Waals surface area contributed by atoms with Gasteiger partial charge in [0.15, 0.2) is 0 Å². The van der Waals surface area contributed by atoms with E-state index in [9.17, 15) is 9.59 Å². The monoisotopic (exact) mass is 429 g/mol. The molecule has 0 atom stereocenters. The van der Waals surface area contributed by atoms with E-state index in [1.807, 2.05) is 65.8 Å². The number of rotatable bonds is 3. The predicted octanol–water partition coefficient (Wildman–Crippen LogP) is 4.01. The first kappa shape index (κ1) is 24.4. The van der Waals surface area contributed by atoms with Crippen LogP contribution in [0, 0.1) is 11.8 Å². The lowest BCUT2D eigenvalue weighted by atomic mass is 10.1. The number of carbonyl (C=O) groups excluding carboxylic acids is 2. The molecule has 0 bridgehead atoms. The lowest BCUT2D eigenvalue weighted by molar-refractivity contribution is 0.0240. The molecule has 7 nitrogen and oxygen atoms in total. The second kappa shape index (κ2) is 10.4. The highest BCUT2D eigenvalue weighted by Crippen LogP contribution is 2.18. The number of piperazine rings is 1. The zero-order valence-corrected chi connectivity index (χ0v) is 19.6. The molecule has 1 aliphatic heterocycles.